The molecule has 0 aromatic rings. The molecular weight excluding hydrogens is 214 g/mol. The normalized spacial score (nSPS) is 19.9. The fourth-order valence-corrected chi connectivity index (χ4v) is 2.50. The van der Waals surface area contributed by atoms with E-state index in [2.05, 4.69) is 4.72 Å². The molecule has 0 aliphatic heterocycles. The first-order valence-corrected chi connectivity index (χ1v) is 6.70. The summed E-state index contributed by atoms with van der Waals surface area (Å²) in [5.41, 5.74) is 5.62. The van der Waals surface area contributed by atoms with Crippen LogP contribution in [0.5, 0.6) is 0 Å². The molecule has 0 heterocycles. The van der Waals surface area contributed by atoms with Gasteiger partial charge in [0.2, 0.25) is 0 Å². The largest absolute Gasteiger partial charge is 0.330 e. The van der Waals surface area contributed by atoms with Gasteiger partial charge in [0, 0.05) is 19.6 Å². The molecule has 0 spiro atoms. The average Bonchev–Trinajstić information content (AvgIpc) is 2.94. The number of nitrogens with zero attached hydrogens (tertiary/aromatic N) is 1. The van der Waals surface area contributed by atoms with Crippen molar-refractivity contribution >= 4 is 10.2 Å². The SMILES string of the molecule is CC(C)N(C)S(=O)(=O)NCC1(CN)CC1. The summed E-state index contributed by atoms with van der Waals surface area (Å²) in [5, 5.41) is 0. The fourth-order valence-electron chi connectivity index (χ4n) is 1.25. The maximum atomic E-state index is 11.7. The lowest BCUT2D eigenvalue weighted by Crippen LogP contribution is -2.44. The lowest BCUT2D eigenvalue weighted by Gasteiger charge is -2.23. The lowest BCUT2D eigenvalue weighted by atomic mass is 10.1. The van der Waals surface area contributed by atoms with Crippen molar-refractivity contribution in [1.29, 1.82) is 0 Å². The Morgan fingerprint density at radius 1 is 1.47 bits per heavy atom. The summed E-state index contributed by atoms with van der Waals surface area (Å²) in [6.45, 7) is 4.70. The minimum Gasteiger partial charge on any atom is -0.330 e. The first-order chi connectivity index (χ1) is 6.83. The van der Waals surface area contributed by atoms with Crippen LogP contribution in [0.3, 0.4) is 0 Å². The molecule has 1 aliphatic rings. The van der Waals surface area contributed by atoms with E-state index in [4.69, 9.17) is 5.73 Å². The van der Waals surface area contributed by atoms with Crippen molar-refractivity contribution in [3.8, 4) is 0 Å². The van der Waals surface area contributed by atoms with Crippen molar-refractivity contribution in [2.75, 3.05) is 20.1 Å². The predicted molar refractivity (Wildman–Crippen MR) is 60.5 cm³/mol. The highest BCUT2D eigenvalue weighted by atomic mass is 32.2. The zero-order valence-corrected chi connectivity index (χ0v) is 10.5. The van der Waals surface area contributed by atoms with Gasteiger partial charge in [-0.1, -0.05) is 0 Å². The molecule has 0 radical (unpaired) electrons. The van der Waals surface area contributed by atoms with Crippen LogP contribution in [0.2, 0.25) is 0 Å². The summed E-state index contributed by atoms with van der Waals surface area (Å²) in [4.78, 5) is 0. The molecule has 0 atom stereocenters. The molecule has 5 nitrogen and oxygen atoms in total. The molecule has 1 fully saturated rings. The summed E-state index contributed by atoms with van der Waals surface area (Å²) in [6, 6.07) is -0.0319. The van der Waals surface area contributed by atoms with Crippen molar-refractivity contribution in [3.63, 3.8) is 0 Å². The van der Waals surface area contributed by atoms with Gasteiger partial charge in [0.05, 0.1) is 0 Å². The quantitative estimate of drug-likeness (QED) is 0.675. The molecule has 0 amide bonds. The number of hydrogen-bond donors (Lipinski definition) is 2. The second-order valence-corrected chi connectivity index (χ2v) is 6.46. The van der Waals surface area contributed by atoms with Crippen LogP contribution < -0.4 is 10.5 Å². The molecule has 0 aromatic carbocycles. The molecule has 90 valence electrons. The number of hydrogen-bond acceptors (Lipinski definition) is 3. The summed E-state index contributed by atoms with van der Waals surface area (Å²) in [6.07, 6.45) is 2.05. The van der Waals surface area contributed by atoms with Crippen molar-refractivity contribution in [2.24, 2.45) is 11.1 Å². The van der Waals surface area contributed by atoms with Gasteiger partial charge in [-0.2, -0.15) is 12.7 Å². The van der Waals surface area contributed by atoms with Gasteiger partial charge in [-0.15, -0.1) is 0 Å². The zero-order valence-electron chi connectivity index (χ0n) is 9.66. The zero-order chi connectivity index (χ0) is 11.7. The molecular formula is C9H21N3O2S. The monoisotopic (exact) mass is 235 g/mol. The van der Waals surface area contributed by atoms with Crippen molar-refractivity contribution in [1.82, 2.24) is 9.03 Å². The van der Waals surface area contributed by atoms with E-state index in [-0.39, 0.29) is 11.5 Å². The van der Waals surface area contributed by atoms with E-state index in [0.717, 1.165) is 12.8 Å². The Morgan fingerprint density at radius 3 is 2.33 bits per heavy atom. The van der Waals surface area contributed by atoms with Gasteiger partial charge in [-0.3, -0.25) is 0 Å². The maximum Gasteiger partial charge on any atom is 0.279 e. The van der Waals surface area contributed by atoms with Gasteiger partial charge in [0.25, 0.3) is 10.2 Å². The van der Waals surface area contributed by atoms with E-state index in [9.17, 15) is 8.42 Å². The van der Waals surface area contributed by atoms with Crippen LogP contribution in [0.15, 0.2) is 0 Å². The van der Waals surface area contributed by atoms with Gasteiger partial charge >= 0.3 is 0 Å². The summed E-state index contributed by atoms with van der Waals surface area (Å²) >= 11 is 0. The van der Waals surface area contributed by atoms with Crippen molar-refractivity contribution < 1.29 is 8.42 Å². The van der Waals surface area contributed by atoms with E-state index in [1.165, 1.54) is 4.31 Å². The van der Waals surface area contributed by atoms with E-state index in [1.807, 2.05) is 13.8 Å². The summed E-state index contributed by atoms with van der Waals surface area (Å²) < 4.78 is 27.4. The van der Waals surface area contributed by atoms with Crippen LogP contribution in [0.4, 0.5) is 0 Å². The maximum absolute atomic E-state index is 11.7. The van der Waals surface area contributed by atoms with E-state index in [1.54, 1.807) is 7.05 Å². The molecule has 1 saturated carbocycles. The average molecular weight is 235 g/mol. The van der Waals surface area contributed by atoms with Gasteiger partial charge < -0.3 is 5.73 Å². The number of rotatable bonds is 6. The van der Waals surface area contributed by atoms with Crippen LogP contribution in [0, 0.1) is 5.41 Å². The first-order valence-electron chi connectivity index (χ1n) is 5.26. The third-order valence-electron chi connectivity index (χ3n) is 3.13. The standard InChI is InChI=1S/C9H21N3O2S/c1-8(2)12(3)15(13,14)11-7-9(6-10)4-5-9/h8,11H,4-7,10H2,1-3H3. The van der Waals surface area contributed by atoms with E-state index in [0.29, 0.717) is 13.1 Å². The Balaban J connectivity index is 2.50. The Morgan fingerprint density at radius 2 is 2.00 bits per heavy atom. The summed E-state index contributed by atoms with van der Waals surface area (Å²) in [7, 11) is -1.76. The fraction of sp³-hybridized carbons (Fsp3) is 1.00. The molecule has 3 N–H and O–H groups in total. The highest BCUT2D eigenvalue weighted by Crippen LogP contribution is 2.43. The second kappa shape index (κ2) is 4.37. The molecule has 6 heteroatoms. The van der Waals surface area contributed by atoms with Gasteiger partial charge in [-0.05, 0) is 38.6 Å². The van der Waals surface area contributed by atoms with Crippen molar-refractivity contribution in [3.05, 3.63) is 0 Å². The minimum absolute atomic E-state index is 0.0319. The Kier molecular flexibility index (Phi) is 3.76. The Bertz CT molecular complexity index is 309. The Hall–Kier alpha value is -0.170. The second-order valence-electron chi connectivity index (χ2n) is 4.64. The van der Waals surface area contributed by atoms with Crippen LogP contribution in [0.1, 0.15) is 26.7 Å². The van der Waals surface area contributed by atoms with Gasteiger partial charge in [0.1, 0.15) is 0 Å². The molecule has 1 rings (SSSR count). The van der Waals surface area contributed by atoms with E-state index >= 15 is 0 Å². The van der Waals surface area contributed by atoms with Crippen LogP contribution >= 0.6 is 0 Å². The molecule has 0 aromatic heterocycles. The number of nitrogens with two attached hydrogens (primary N) is 1. The molecule has 0 unspecified atom stereocenters. The van der Waals surface area contributed by atoms with E-state index < -0.39 is 10.2 Å². The Labute approximate surface area is 92.2 Å². The highest BCUT2D eigenvalue weighted by Gasteiger charge is 2.42. The van der Waals surface area contributed by atoms with Crippen LogP contribution in [-0.4, -0.2) is 38.9 Å². The molecule has 0 saturated heterocycles. The third-order valence-corrected chi connectivity index (χ3v) is 4.82. The molecule has 0 bridgehead atoms. The molecule has 15 heavy (non-hydrogen) atoms. The van der Waals surface area contributed by atoms with Crippen molar-refractivity contribution in [2.45, 2.75) is 32.7 Å². The smallest absolute Gasteiger partial charge is 0.279 e. The topological polar surface area (TPSA) is 75.4 Å². The summed E-state index contributed by atoms with van der Waals surface area (Å²) in [5.74, 6) is 0. The predicted octanol–water partition coefficient (Wildman–Crippen LogP) is -0.100. The minimum atomic E-state index is -3.34. The molecule has 1 aliphatic carbocycles. The lowest BCUT2D eigenvalue weighted by molar-refractivity contribution is 0.394. The first kappa shape index (κ1) is 12.9. The third kappa shape index (κ3) is 3.14. The van der Waals surface area contributed by atoms with Crippen LogP contribution in [0.25, 0.3) is 0 Å². The highest BCUT2D eigenvalue weighted by molar-refractivity contribution is 7.87. The van der Waals surface area contributed by atoms with Gasteiger partial charge in [-0.25, -0.2) is 4.72 Å². The van der Waals surface area contributed by atoms with Gasteiger partial charge in [0.15, 0.2) is 0 Å². The number of nitrogens with one attached hydrogen (secondary N) is 1. The van der Waals surface area contributed by atoms with Crippen LogP contribution in [-0.2, 0) is 10.2 Å².